The topological polar surface area (TPSA) is 95.0 Å². The second kappa shape index (κ2) is 9.64. The molecule has 0 saturated heterocycles. The molecule has 1 atom stereocenters. The van der Waals surface area contributed by atoms with Crippen molar-refractivity contribution in [3.8, 4) is 11.5 Å². The zero-order valence-corrected chi connectivity index (χ0v) is 15.9. The summed E-state index contributed by atoms with van der Waals surface area (Å²) in [5.74, 6) is 1.60. The van der Waals surface area contributed by atoms with Gasteiger partial charge in [-0.2, -0.15) is 0 Å². The van der Waals surface area contributed by atoms with Gasteiger partial charge in [-0.15, -0.1) is 0 Å². The minimum atomic E-state index is -0.180. The summed E-state index contributed by atoms with van der Waals surface area (Å²) in [7, 11) is 0. The summed E-state index contributed by atoms with van der Waals surface area (Å²) < 4.78 is 5.91. The summed E-state index contributed by atoms with van der Waals surface area (Å²) in [5, 5.41) is 18.5. The molecule has 7 nitrogen and oxygen atoms in total. The lowest BCUT2D eigenvalue weighted by molar-refractivity contribution is 0.0954. The Morgan fingerprint density at radius 2 is 1.86 bits per heavy atom. The Morgan fingerprint density at radius 1 is 1.11 bits per heavy atom. The number of hydrogen-bond donors (Lipinski definition) is 4. The number of guanidine groups is 1. The molecule has 1 aliphatic heterocycles. The molecule has 0 fully saturated rings. The number of rotatable bonds is 7. The van der Waals surface area contributed by atoms with E-state index in [0.29, 0.717) is 31.2 Å². The Kier molecular flexibility index (Phi) is 6.73. The van der Waals surface area contributed by atoms with Crippen molar-refractivity contribution in [2.24, 2.45) is 4.99 Å². The van der Waals surface area contributed by atoms with Crippen LogP contribution in [0.15, 0.2) is 53.5 Å². The van der Waals surface area contributed by atoms with E-state index in [0.717, 1.165) is 18.7 Å². The van der Waals surface area contributed by atoms with E-state index >= 15 is 0 Å². The van der Waals surface area contributed by atoms with Crippen molar-refractivity contribution in [1.29, 1.82) is 0 Å². The number of aromatic hydroxyl groups is 1. The van der Waals surface area contributed by atoms with Crippen LogP contribution in [0.4, 0.5) is 0 Å². The van der Waals surface area contributed by atoms with Crippen LogP contribution in [0.3, 0.4) is 0 Å². The summed E-state index contributed by atoms with van der Waals surface area (Å²) in [5.41, 5.74) is 1.73. The summed E-state index contributed by atoms with van der Waals surface area (Å²) in [4.78, 5) is 16.6. The van der Waals surface area contributed by atoms with E-state index in [1.807, 2.05) is 25.1 Å². The molecule has 4 N–H and O–H groups in total. The zero-order chi connectivity index (χ0) is 19.8. The van der Waals surface area contributed by atoms with Crippen LogP contribution >= 0.6 is 0 Å². The third-order valence-electron chi connectivity index (χ3n) is 4.34. The Hall–Kier alpha value is -3.22. The van der Waals surface area contributed by atoms with Crippen LogP contribution in [0.2, 0.25) is 0 Å². The van der Waals surface area contributed by atoms with E-state index in [9.17, 15) is 9.90 Å². The highest BCUT2D eigenvalue weighted by Gasteiger charge is 2.21. The predicted octanol–water partition coefficient (Wildman–Crippen LogP) is 1.68. The number of ether oxygens (including phenoxy) is 1. The Labute approximate surface area is 164 Å². The maximum absolute atomic E-state index is 12.1. The average molecular weight is 382 g/mol. The Morgan fingerprint density at radius 3 is 2.61 bits per heavy atom. The van der Waals surface area contributed by atoms with Gasteiger partial charge in [0, 0.05) is 31.6 Å². The van der Waals surface area contributed by atoms with Gasteiger partial charge in [-0.25, -0.2) is 4.99 Å². The number of aliphatic imine (C=N–C) groups is 1. The molecular formula is C21H26N4O3. The first-order chi connectivity index (χ1) is 13.7. The maximum atomic E-state index is 12.1. The highest BCUT2D eigenvalue weighted by atomic mass is 16.5. The molecule has 7 heteroatoms. The molecule has 2 aromatic rings. The van der Waals surface area contributed by atoms with Gasteiger partial charge in [-0.1, -0.05) is 18.2 Å². The molecule has 0 spiro atoms. The number of benzene rings is 2. The summed E-state index contributed by atoms with van der Waals surface area (Å²) in [6, 6.07) is 14.2. The molecule has 1 heterocycles. The van der Waals surface area contributed by atoms with Gasteiger partial charge in [0.25, 0.3) is 5.91 Å². The zero-order valence-electron chi connectivity index (χ0n) is 15.9. The SMILES string of the molecule is CCNC(=NCC1Cc2ccccc2O1)NCCNC(=O)c1ccc(O)cc1. The van der Waals surface area contributed by atoms with Crippen molar-refractivity contribution in [3.63, 3.8) is 0 Å². The van der Waals surface area contributed by atoms with E-state index in [1.54, 1.807) is 12.1 Å². The molecule has 3 rings (SSSR count). The third-order valence-corrected chi connectivity index (χ3v) is 4.34. The van der Waals surface area contributed by atoms with Crippen molar-refractivity contribution < 1.29 is 14.6 Å². The van der Waals surface area contributed by atoms with E-state index < -0.39 is 0 Å². The number of para-hydroxylation sites is 1. The number of carbonyl (C=O) groups is 1. The number of nitrogens with one attached hydrogen (secondary N) is 3. The van der Waals surface area contributed by atoms with Gasteiger partial charge in [-0.3, -0.25) is 4.79 Å². The summed E-state index contributed by atoms with van der Waals surface area (Å²) in [6.07, 6.45) is 0.906. The van der Waals surface area contributed by atoms with Crippen molar-refractivity contribution >= 4 is 11.9 Å². The number of nitrogens with zero attached hydrogens (tertiary/aromatic N) is 1. The first-order valence-corrected chi connectivity index (χ1v) is 9.49. The van der Waals surface area contributed by atoms with Gasteiger partial charge in [-0.05, 0) is 42.8 Å². The fourth-order valence-corrected chi connectivity index (χ4v) is 2.96. The van der Waals surface area contributed by atoms with E-state index in [-0.39, 0.29) is 17.8 Å². The van der Waals surface area contributed by atoms with Crippen LogP contribution in [-0.4, -0.2) is 49.3 Å². The Balaban J connectivity index is 1.42. The van der Waals surface area contributed by atoms with Crippen molar-refractivity contribution in [2.45, 2.75) is 19.4 Å². The molecule has 2 aromatic carbocycles. The molecule has 0 aromatic heterocycles. The highest BCUT2D eigenvalue weighted by molar-refractivity contribution is 5.94. The van der Waals surface area contributed by atoms with Gasteiger partial charge < -0.3 is 25.8 Å². The standard InChI is InChI=1S/C21H26N4O3/c1-2-22-21(25-14-18-13-16-5-3-4-6-19(16)28-18)24-12-11-23-20(27)15-7-9-17(26)10-8-15/h3-10,18,26H,2,11-14H2,1H3,(H,23,27)(H2,22,24,25). The van der Waals surface area contributed by atoms with Crippen molar-refractivity contribution in [1.82, 2.24) is 16.0 Å². The summed E-state index contributed by atoms with van der Waals surface area (Å²) >= 11 is 0. The van der Waals surface area contributed by atoms with E-state index in [2.05, 4.69) is 27.0 Å². The number of phenolic OH excluding ortho intramolecular Hbond substituents is 1. The smallest absolute Gasteiger partial charge is 0.251 e. The maximum Gasteiger partial charge on any atom is 0.251 e. The lowest BCUT2D eigenvalue weighted by Crippen LogP contribution is -2.42. The molecule has 148 valence electrons. The molecule has 1 unspecified atom stereocenters. The second-order valence-corrected chi connectivity index (χ2v) is 6.50. The molecule has 0 bridgehead atoms. The lowest BCUT2D eigenvalue weighted by atomic mass is 10.1. The number of hydrogen-bond acceptors (Lipinski definition) is 4. The van der Waals surface area contributed by atoms with Gasteiger partial charge >= 0.3 is 0 Å². The largest absolute Gasteiger partial charge is 0.508 e. The number of amides is 1. The van der Waals surface area contributed by atoms with Crippen molar-refractivity contribution in [2.75, 3.05) is 26.2 Å². The van der Waals surface area contributed by atoms with Crippen molar-refractivity contribution in [3.05, 3.63) is 59.7 Å². The molecule has 28 heavy (non-hydrogen) atoms. The van der Waals surface area contributed by atoms with Crippen LogP contribution in [-0.2, 0) is 6.42 Å². The number of phenols is 1. The molecule has 1 amide bonds. The fraction of sp³-hybridized carbons (Fsp3) is 0.333. The number of carbonyl (C=O) groups excluding carboxylic acids is 1. The highest BCUT2D eigenvalue weighted by Crippen LogP contribution is 2.28. The lowest BCUT2D eigenvalue weighted by Gasteiger charge is -2.13. The fourth-order valence-electron chi connectivity index (χ4n) is 2.96. The van der Waals surface area contributed by atoms with E-state index in [4.69, 9.17) is 4.74 Å². The van der Waals surface area contributed by atoms with E-state index in [1.165, 1.54) is 17.7 Å². The monoisotopic (exact) mass is 382 g/mol. The quantitative estimate of drug-likeness (QED) is 0.332. The Bertz CT molecular complexity index is 796. The first kappa shape index (κ1) is 19.5. The van der Waals surface area contributed by atoms with Crippen LogP contribution in [0.1, 0.15) is 22.8 Å². The molecule has 1 aliphatic rings. The van der Waals surface area contributed by atoms with Crippen LogP contribution in [0.25, 0.3) is 0 Å². The first-order valence-electron chi connectivity index (χ1n) is 9.49. The molecule has 0 saturated carbocycles. The minimum Gasteiger partial charge on any atom is -0.508 e. The minimum absolute atomic E-state index is 0.0436. The van der Waals surface area contributed by atoms with Gasteiger partial charge in [0.15, 0.2) is 5.96 Å². The molecule has 0 aliphatic carbocycles. The van der Waals surface area contributed by atoms with Gasteiger partial charge in [0.1, 0.15) is 17.6 Å². The van der Waals surface area contributed by atoms with Crippen LogP contribution in [0, 0.1) is 0 Å². The number of fused-ring (bicyclic) bond motifs is 1. The predicted molar refractivity (Wildman–Crippen MR) is 109 cm³/mol. The summed E-state index contributed by atoms with van der Waals surface area (Å²) in [6.45, 7) is 4.31. The third kappa shape index (κ3) is 5.39. The second-order valence-electron chi connectivity index (χ2n) is 6.50. The van der Waals surface area contributed by atoms with Crippen LogP contribution < -0.4 is 20.7 Å². The normalized spacial score (nSPS) is 15.5. The van der Waals surface area contributed by atoms with Crippen LogP contribution in [0.5, 0.6) is 11.5 Å². The molecule has 0 radical (unpaired) electrons. The average Bonchev–Trinajstić information content (AvgIpc) is 3.12. The van der Waals surface area contributed by atoms with Gasteiger partial charge in [0.05, 0.1) is 6.54 Å². The molecular weight excluding hydrogens is 356 g/mol. The van der Waals surface area contributed by atoms with Gasteiger partial charge in [0.2, 0.25) is 0 Å².